The van der Waals surface area contributed by atoms with Crippen molar-refractivity contribution in [2.24, 2.45) is 0 Å². The molecule has 0 radical (unpaired) electrons. The van der Waals surface area contributed by atoms with Gasteiger partial charge in [0.1, 0.15) is 0 Å². The molecular weight excluding hydrogens is 184 g/mol. The van der Waals surface area contributed by atoms with E-state index in [1.807, 2.05) is 0 Å². The monoisotopic (exact) mass is 194 g/mol. The van der Waals surface area contributed by atoms with Crippen LogP contribution in [0.15, 0.2) is 12.3 Å². The second kappa shape index (κ2) is 3.02. The standard InChI is InChI=1S/C9H10N2O3/c1-6-2-3-10-7(11-6)9(8(12)13)4-14-5-9/h2-3H,4-5H2,1H3,(H,12,13). The van der Waals surface area contributed by atoms with Crippen molar-refractivity contribution in [3.8, 4) is 0 Å². The SMILES string of the molecule is Cc1ccnc(C2(C(=O)O)COC2)n1. The highest BCUT2D eigenvalue weighted by Crippen LogP contribution is 2.29. The number of aliphatic carboxylic acids is 1. The van der Waals surface area contributed by atoms with E-state index in [4.69, 9.17) is 9.84 Å². The molecule has 0 unspecified atom stereocenters. The van der Waals surface area contributed by atoms with Crippen molar-refractivity contribution in [3.63, 3.8) is 0 Å². The predicted octanol–water partition coefficient (Wildman–Crippen LogP) is 0.138. The molecule has 2 heterocycles. The van der Waals surface area contributed by atoms with Crippen LogP contribution in [0.4, 0.5) is 0 Å². The van der Waals surface area contributed by atoms with Crippen LogP contribution in [0.2, 0.25) is 0 Å². The van der Waals surface area contributed by atoms with E-state index in [1.165, 1.54) is 0 Å². The molecule has 1 fully saturated rings. The van der Waals surface area contributed by atoms with Gasteiger partial charge in [-0.2, -0.15) is 0 Å². The third kappa shape index (κ3) is 1.17. The molecule has 0 atom stereocenters. The zero-order valence-corrected chi connectivity index (χ0v) is 7.73. The number of aryl methyl sites for hydroxylation is 1. The van der Waals surface area contributed by atoms with Crippen LogP contribution in [0.3, 0.4) is 0 Å². The summed E-state index contributed by atoms with van der Waals surface area (Å²) in [6.45, 7) is 2.12. The Hall–Kier alpha value is -1.49. The Kier molecular flexibility index (Phi) is 1.96. The van der Waals surface area contributed by atoms with E-state index in [1.54, 1.807) is 19.2 Å². The molecule has 1 aliphatic rings. The lowest BCUT2D eigenvalue weighted by atomic mass is 9.85. The summed E-state index contributed by atoms with van der Waals surface area (Å²) < 4.78 is 4.93. The Morgan fingerprint density at radius 2 is 2.36 bits per heavy atom. The highest BCUT2D eigenvalue weighted by atomic mass is 16.5. The van der Waals surface area contributed by atoms with E-state index in [0.717, 1.165) is 5.69 Å². The van der Waals surface area contributed by atoms with Crippen molar-refractivity contribution in [2.45, 2.75) is 12.3 Å². The second-order valence-corrected chi connectivity index (χ2v) is 3.40. The molecule has 0 aliphatic carbocycles. The maximum atomic E-state index is 11.1. The third-order valence-electron chi connectivity index (χ3n) is 2.33. The Morgan fingerprint density at radius 1 is 1.64 bits per heavy atom. The fourth-order valence-electron chi connectivity index (χ4n) is 1.33. The smallest absolute Gasteiger partial charge is 0.322 e. The topological polar surface area (TPSA) is 72.3 Å². The van der Waals surface area contributed by atoms with E-state index in [-0.39, 0.29) is 13.2 Å². The van der Waals surface area contributed by atoms with Crippen molar-refractivity contribution >= 4 is 5.97 Å². The van der Waals surface area contributed by atoms with Gasteiger partial charge in [0.15, 0.2) is 11.2 Å². The summed E-state index contributed by atoms with van der Waals surface area (Å²) in [4.78, 5) is 19.2. The van der Waals surface area contributed by atoms with Crippen LogP contribution in [0.1, 0.15) is 11.5 Å². The first-order valence-corrected chi connectivity index (χ1v) is 4.26. The van der Waals surface area contributed by atoms with Gasteiger partial charge in [-0.25, -0.2) is 9.97 Å². The number of nitrogens with zero attached hydrogens (tertiary/aromatic N) is 2. The van der Waals surface area contributed by atoms with Gasteiger partial charge in [0.05, 0.1) is 13.2 Å². The molecule has 0 aromatic carbocycles. The summed E-state index contributed by atoms with van der Waals surface area (Å²) in [5, 5.41) is 9.07. The lowest BCUT2D eigenvalue weighted by Crippen LogP contribution is -2.54. The van der Waals surface area contributed by atoms with Crippen molar-refractivity contribution in [3.05, 3.63) is 23.8 Å². The average molecular weight is 194 g/mol. The predicted molar refractivity (Wildman–Crippen MR) is 46.9 cm³/mol. The van der Waals surface area contributed by atoms with Crippen LogP contribution >= 0.6 is 0 Å². The zero-order chi connectivity index (χ0) is 10.2. The molecule has 1 saturated heterocycles. The molecule has 1 aliphatic heterocycles. The minimum Gasteiger partial charge on any atom is -0.480 e. The molecule has 14 heavy (non-hydrogen) atoms. The molecule has 1 aromatic heterocycles. The summed E-state index contributed by atoms with van der Waals surface area (Å²) in [5.74, 6) is -0.578. The van der Waals surface area contributed by atoms with E-state index in [2.05, 4.69) is 9.97 Å². The number of hydrogen-bond acceptors (Lipinski definition) is 4. The van der Waals surface area contributed by atoms with Crippen LogP contribution < -0.4 is 0 Å². The minimum atomic E-state index is -1.02. The van der Waals surface area contributed by atoms with Gasteiger partial charge >= 0.3 is 5.97 Å². The Morgan fingerprint density at radius 3 is 2.79 bits per heavy atom. The van der Waals surface area contributed by atoms with Crippen LogP contribution in [0, 0.1) is 6.92 Å². The van der Waals surface area contributed by atoms with Crippen molar-refractivity contribution in [1.29, 1.82) is 0 Å². The summed E-state index contributed by atoms with van der Waals surface area (Å²) >= 11 is 0. The van der Waals surface area contributed by atoms with Gasteiger partial charge in [0.25, 0.3) is 0 Å². The molecule has 0 saturated carbocycles. The number of ether oxygens (including phenoxy) is 1. The molecule has 2 rings (SSSR count). The Bertz CT molecular complexity index is 374. The molecule has 0 bridgehead atoms. The van der Waals surface area contributed by atoms with E-state index in [0.29, 0.717) is 5.82 Å². The minimum absolute atomic E-state index is 0.159. The van der Waals surface area contributed by atoms with E-state index >= 15 is 0 Å². The highest BCUT2D eigenvalue weighted by molar-refractivity contribution is 5.81. The van der Waals surface area contributed by atoms with Gasteiger partial charge in [0, 0.05) is 11.9 Å². The first-order valence-electron chi connectivity index (χ1n) is 4.26. The Labute approximate surface area is 80.8 Å². The van der Waals surface area contributed by atoms with Gasteiger partial charge in [-0.05, 0) is 13.0 Å². The third-order valence-corrected chi connectivity index (χ3v) is 2.33. The molecule has 1 N–H and O–H groups in total. The lowest BCUT2D eigenvalue weighted by Gasteiger charge is -2.35. The maximum absolute atomic E-state index is 11.1. The summed E-state index contributed by atoms with van der Waals surface area (Å²) in [6, 6.07) is 1.73. The molecule has 0 spiro atoms. The fourth-order valence-corrected chi connectivity index (χ4v) is 1.33. The highest BCUT2D eigenvalue weighted by Gasteiger charge is 2.50. The van der Waals surface area contributed by atoms with Gasteiger partial charge in [0.2, 0.25) is 0 Å². The quantitative estimate of drug-likeness (QED) is 0.724. The average Bonchev–Trinajstić information content (AvgIpc) is 2.00. The van der Waals surface area contributed by atoms with Crippen LogP contribution in [0.5, 0.6) is 0 Å². The zero-order valence-electron chi connectivity index (χ0n) is 7.73. The first-order chi connectivity index (χ1) is 6.65. The van der Waals surface area contributed by atoms with Gasteiger partial charge in [-0.15, -0.1) is 0 Å². The van der Waals surface area contributed by atoms with Gasteiger partial charge < -0.3 is 9.84 Å². The number of carboxylic acid groups (broad SMARTS) is 1. The lowest BCUT2D eigenvalue weighted by molar-refractivity contribution is -0.164. The van der Waals surface area contributed by atoms with E-state index < -0.39 is 11.4 Å². The van der Waals surface area contributed by atoms with Crippen molar-refractivity contribution in [1.82, 2.24) is 9.97 Å². The van der Waals surface area contributed by atoms with Gasteiger partial charge in [-0.1, -0.05) is 0 Å². The summed E-state index contributed by atoms with van der Waals surface area (Å²) in [6.07, 6.45) is 1.57. The largest absolute Gasteiger partial charge is 0.480 e. The first kappa shape index (κ1) is 9.08. The number of aromatic nitrogens is 2. The normalized spacial score (nSPS) is 18.6. The molecule has 1 aromatic rings. The van der Waals surface area contributed by atoms with Crippen LogP contribution in [0.25, 0.3) is 0 Å². The van der Waals surface area contributed by atoms with Crippen LogP contribution in [-0.4, -0.2) is 34.3 Å². The number of hydrogen-bond donors (Lipinski definition) is 1. The molecule has 0 amide bonds. The Balaban J connectivity index is 2.42. The number of carbonyl (C=O) groups is 1. The molecule has 5 heteroatoms. The van der Waals surface area contributed by atoms with Crippen LogP contribution in [-0.2, 0) is 14.9 Å². The fraction of sp³-hybridized carbons (Fsp3) is 0.444. The second-order valence-electron chi connectivity index (χ2n) is 3.40. The maximum Gasteiger partial charge on any atom is 0.322 e. The number of rotatable bonds is 2. The van der Waals surface area contributed by atoms with Crippen molar-refractivity contribution in [2.75, 3.05) is 13.2 Å². The molecular formula is C9H10N2O3. The number of carboxylic acids is 1. The van der Waals surface area contributed by atoms with E-state index in [9.17, 15) is 4.79 Å². The summed E-state index contributed by atoms with van der Waals surface area (Å²) in [5.41, 5.74) is -0.256. The van der Waals surface area contributed by atoms with Crippen molar-refractivity contribution < 1.29 is 14.6 Å². The summed E-state index contributed by atoms with van der Waals surface area (Å²) in [7, 11) is 0. The van der Waals surface area contributed by atoms with Gasteiger partial charge in [-0.3, -0.25) is 4.79 Å². The molecule has 5 nitrogen and oxygen atoms in total. The molecule has 74 valence electrons.